The van der Waals surface area contributed by atoms with Crippen LogP contribution in [0.15, 0.2) is 22.7 Å². The monoisotopic (exact) mass is 292 g/mol. The largest absolute Gasteiger partial charge is 0.381 e. The maximum atomic E-state index is 9.11. The maximum Gasteiger partial charge on any atom is 0.101 e. The number of nitrogens with one attached hydrogen (secondary N) is 1. The van der Waals surface area contributed by atoms with Gasteiger partial charge in [-0.1, -0.05) is 29.8 Å². The zero-order chi connectivity index (χ0) is 12.5. The van der Waals surface area contributed by atoms with Gasteiger partial charge >= 0.3 is 0 Å². The molecule has 0 heterocycles. The van der Waals surface area contributed by atoms with Gasteiger partial charge in [-0.2, -0.15) is 5.26 Å². The van der Waals surface area contributed by atoms with Crippen LogP contribution in [-0.4, -0.2) is 6.04 Å². The first-order valence-electron chi connectivity index (χ1n) is 5.96. The molecule has 17 heavy (non-hydrogen) atoms. The first kappa shape index (κ1) is 12.4. The van der Waals surface area contributed by atoms with Crippen LogP contribution in [0.2, 0.25) is 0 Å². The van der Waals surface area contributed by atoms with Crippen molar-refractivity contribution in [3.8, 4) is 6.07 Å². The topological polar surface area (TPSA) is 35.8 Å². The standard InChI is InChI=1S/C14H17BrN2/c1-14(2)6-5-12(8-14)17-13-4-3-11(15)7-10(13)9-16/h3-4,7,12,17H,5-6,8H2,1-2H3. The summed E-state index contributed by atoms with van der Waals surface area (Å²) in [5, 5.41) is 12.6. The number of hydrogen-bond acceptors (Lipinski definition) is 2. The van der Waals surface area contributed by atoms with Crippen LogP contribution >= 0.6 is 15.9 Å². The lowest BCUT2D eigenvalue weighted by atomic mass is 9.92. The molecule has 90 valence electrons. The molecule has 1 aliphatic rings. The summed E-state index contributed by atoms with van der Waals surface area (Å²) in [5.41, 5.74) is 2.10. The SMILES string of the molecule is CC1(C)CCC(Nc2ccc(Br)cc2C#N)C1. The summed E-state index contributed by atoms with van der Waals surface area (Å²) in [6, 6.07) is 8.56. The van der Waals surface area contributed by atoms with Gasteiger partial charge in [0.15, 0.2) is 0 Å². The Morgan fingerprint density at radius 1 is 1.47 bits per heavy atom. The predicted molar refractivity (Wildman–Crippen MR) is 73.9 cm³/mol. The molecule has 1 atom stereocenters. The highest BCUT2D eigenvalue weighted by molar-refractivity contribution is 9.10. The Kier molecular flexibility index (Phi) is 3.44. The van der Waals surface area contributed by atoms with E-state index in [-0.39, 0.29) is 0 Å². The van der Waals surface area contributed by atoms with Gasteiger partial charge in [-0.25, -0.2) is 0 Å². The highest BCUT2D eigenvalue weighted by atomic mass is 79.9. The van der Waals surface area contributed by atoms with Crippen LogP contribution in [0, 0.1) is 16.7 Å². The van der Waals surface area contributed by atoms with E-state index < -0.39 is 0 Å². The molecule has 1 saturated carbocycles. The van der Waals surface area contributed by atoms with Crippen LogP contribution in [0.3, 0.4) is 0 Å². The molecular weight excluding hydrogens is 276 g/mol. The minimum atomic E-state index is 0.430. The van der Waals surface area contributed by atoms with Gasteiger partial charge in [0, 0.05) is 10.5 Å². The first-order chi connectivity index (χ1) is 8.00. The number of hydrogen-bond donors (Lipinski definition) is 1. The van der Waals surface area contributed by atoms with Gasteiger partial charge in [0.1, 0.15) is 6.07 Å². The molecule has 1 fully saturated rings. The predicted octanol–water partition coefficient (Wildman–Crippen LogP) is 4.31. The Balaban J connectivity index is 2.12. The highest BCUT2D eigenvalue weighted by Crippen LogP contribution is 2.38. The van der Waals surface area contributed by atoms with Gasteiger partial charge in [-0.15, -0.1) is 0 Å². The third kappa shape index (κ3) is 3.01. The molecule has 1 aromatic rings. The van der Waals surface area contributed by atoms with Crippen LogP contribution in [0.25, 0.3) is 0 Å². The average Bonchev–Trinajstić information content (AvgIpc) is 2.61. The molecule has 2 rings (SSSR count). The second kappa shape index (κ2) is 4.70. The number of anilines is 1. The third-order valence-corrected chi connectivity index (χ3v) is 3.92. The Morgan fingerprint density at radius 3 is 2.82 bits per heavy atom. The van der Waals surface area contributed by atoms with E-state index >= 15 is 0 Å². The van der Waals surface area contributed by atoms with Crippen molar-refractivity contribution in [2.75, 3.05) is 5.32 Å². The number of rotatable bonds is 2. The summed E-state index contributed by atoms with van der Waals surface area (Å²) >= 11 is 3.39. The molecule has 0 spiro atoms. The van der Waals surface area contributed by atoms with Gasteiger partial charge in [-0.05, 0) is 42.9 Å². The molecule has 1 unspecified atom stereocenters. The number of halogens is 1. The van der Waals surface area contributed by atoms with Crippen molar-refractivity contribution in [3.63, 3.8) is 0 Å². The number of nitriles is 1. The second-order valence-electron chi connectivity index (χ2n) is 5.55. The van der Waals surface area contributed by atoms with Crippen LogP contribution in [-0.2, 0) is 0 Å². The quantitative estimate of drug-likeness (QED) is 0.882. The minimum Gasteiger partial charge on any atom is -0.381 e. The summed E-state index contributed by atoms with van der Waals surface area (Å²) in [5.74, 6) is 0. The van der Waals surface area contributed by atoms with Crippen molar-refractivity contribution in [2.45, 2.75) is 39.2 Å². The summed E-state index contributed by atoms with van der Waals surface area (Å²) in [6.07, 6.45) is 3.62. The molecule has 1 aromatic carbocycles. The molecule has 1 aliphatic carbocycles. The van der Waals surface area contributed by atoms with Crippen molar-refractivity contribution in [2.24, 2.45) is 5.41 Å². The Morgan fingerprint density at radius 2 is 2.24 bits per heavy atom. The van der Waals surface area contributed by atoms with Crippen molar-refractivity contribution >= 4 is 21.6 Å². The molecule has 1 N–H and O–H groups in total. The fraction of sp³-hybridized carbons (Fsp3) is 0.500. The molecule has 0 aromatic heterocycles. The zero-order valence-electron chi connectivity index (χ0n) is 10.3. The van der Waals surface area contributed by atoms with E-state index in [2.05, 4.69) is 41.2 Å². The smallest absolute Gasteiger partial charge is 0.101 e. The van der Waals surface area contributed by atoms with E-state index in [4.69, 9.17) is 5.26 Å². The van der Waals surface area contributed by atoms with E-state index in [1.807, 2.05) is 18.2 Å². The summed E-state index contributed by atoms with van der Waals surface area (Å²) in [6.45, 7) is 4.61. The molecule has 0 saturated heterocycles. The molecular formula is C14H17BrN2. The number of benzene rings is 1. The molecule has 0 amide bonds. The van der Waals surface area contributed by atoms with Crippen molar-refractivity contribution in [3.05, 3.63) is 28.2 Å². The van der Waals surface area contributed by atoms with Gasteiger partial charge in [0.25, 0.3) is 0 Å². The van der Waals surface area contributed by atoms with Crippen molar-refractivity contribution in [1.29, 1.82) is 5.26 Å². The average molecular weight is 293 g/mol. The fourth-order valence-electron chi connectivity index (χ4n) is 2.51. The van der Waals surface area contributed by atoms with E-state index in [9.17, 15) is 0 Å². The van der Waals surface area contributed by atoms with Gasteiger partial charge in [-0.3, -0.25) is 0 Å². The molecule has 0 radical (unpaired) electrons. The van der Waals surface area contributed by atoms with Crippen LogP contribution < -0.4 is 5.32 Å². The number of nitrogens with zero attached hydrogens (tertiary/aromatic N) is 1. The summed E-state index contributed by atoms with van der Waals surface area (Å²) < 4.78 is 0.950. The molecule has 0 bridgehead atoms. The van der Waals surface area contributed by atoms with Gasteiger partial charge in [0.05, 0.1) is 11.3 Å². The normalized spacial score (nSPS) is 22.1. The van der Waals surface area contributed by atoms with Crippen molar-refractivity contribution < 1.29 is 0 Å². The fourth-order valence-corrected chi connectivity index (χ4v) is 2.88. The Labute approximate surface area is 111 Å². The third-order valence-electron chi connectivity index (χ3n) is 3.43. The van der Waals surface area contributed by atoms with E-state index in [0.717, 1.165) is 10.2 Å². The highest BCUT2D eigenvalue weighted by Gasteiger charge is 2.30. The lowest BCUT2D eigenvalue weighted by Gasteiger charge is -2.19. The van der Waals surface area contributed by atoms with Crippen LogP contribution in [0.1, 0.15) is 38.7 Å². The zero-order valence-corrected chi connectivity index (χ0v) is 11.8. The summed E-state index contributed by atoms with van der Waals surface area (Å²) in [4.78, 5) is 0. The van der Waals surface area contributed by atoms with Crippen LogP contribution in [0.4, 0.5) is 5.69 Å². The first-order valence-corrected chi connectivity index (χ1v) is 6.76. The molecule has 2 nitrogen and oxygen atoms in total. The van der Waals surface area contributed by atoms with E-state index in [1.165, 1.54) is 19.3 Å². The Hall–Kier alpha value is -1.01. The summed E-state index contributed by atoms with van der Waals surface area (Å²) in [7, 11) is 0. The van der Waals surface area contributed by atoms with Crippen molar-refractivity contribution in [1.82, 2.24) is 0 Å². The molecule has 3 heteroatoms. The lowest BCUT2D eigenvalue weighted by molar-refractivity contribution is 0.378. The van der Waals surface area contributed by atoms with E-state index in [1.54, 1.807) is 0 Å². The Bertz CT molecular complexity index is 460. The van der Waals surface area contributed by atoms with Gasteiger partial charge in [0.2, 0.25) is 0 Å². The second-order valence-corrected chi connectivity index (χ2v) is 6.47. The lowest BCUT2D eigenvalue weighted by Crippen LogP contribution is -2.18. The van der Waals surface area contributed by atoms with Gasteiger partial charge < -0.3 is 5.32 Å². The van der Waals surface area contributed by atoms with E-state index in [0.29, 0.717) is 17.0 Å². The molecule has 0 aliphatic heterocycles. The van der Waals surface area contributed by atoms with Crippen LogP contribution in [0.5, 0.6) is 0 Å². The maximum absolute atomic E-state index is 9.11. The minimum absolute atomic E-state index is 0.430.